The molecule has 10 heteroatoms. The minimum atomic E-state index is -3.82. The maximum atomic E-state index is 13.2. The number of amides is 2. The molecule has 0 saturated carbocycles. The van der Waals surface area contributed by atoms with E-state index in [0.29, 0.717) is 25.0 Å². The van der Waals surface area contributed by atoms with Gasteiger partial charge in [0.1, 0.15) is 6.23 Å². The standard InChI is InChI=1S/C18H27N3O6S/c1-13-5-6-14(2)15(11-13)28(25,26)21-8-4-10-27-16(21)12-20-18(24)17(23)19-7-3-9-22/h5-6,11,16,22H,3-4,7-10,12H2,1-2H3,(H,19,23)(H,20,24)/t16-/m0/s1. The van der Waals surface area contributed by atoms with Gasteiger partial charge in [-0.05, 0) is 43.9 Å². The highest BCUT2D eigenvalue weighted by Crippen LogP contribution is 2.25. The number of hydrogen-bond acceptors (Lipinski definition) is 6. The zero-order valence-electron chi connectivity index (χ0n) is 16.1. The molecule has 9 nitrogen and oxygen atoms in total. The lowest BCUT2D eigenvalue weighted by molar-refractivity contribution is -0.140. The second kappa shape index (κ2) is 9.97. The normalized spacial score (nSPS) is 17.9. The van der Waals surface area contributed by atoms with Crippen LogP contribution in [-0.4, -0.2) is 68.7 Å². The van der Waals surface area contributed by atoms with Crippen LogP contribution in [0.15, 0.2) is 23.1 Å². The Hall–Kier alpha value is -2.01. The van der Waals surface area contributed by atoms with Crippen molar-refractivity contribution in [2.75, 3.05) is 32.8 Å². The summed E-state index contributed by atoms with van der Waals surface area (Å²) < 4.78 is 33.1. The molecule has 1 heterocycles. The molecule has 0 spiro atoms. The largest absolute Gasteiger partial charge is 0.396 e. The molecule has 3 N–H and O–H groups in total. The molecule has 2 amide bonds. The van der Waals surface area contributed by atoms with Gasteiger partial charge < -0.3 is 20.5 Å². The molecular formula is C18H27N3O6S. The molecule has 28 heavy (non-hydrogen) atoms. The van der Waals surface area contributed by atoms with Gasteiger partial charge in [-0.1, -0.05) is 12.1 Å². The molecule has 1 fully saturated rings. The third kappa shape index (κ3) is 5.51. The molecule has 1 aromatic carbocycles. The number of sulfonamides is 1. The Morgan fingerprint density at radius 3 is 2.68 bits per heavy atom. The Bertz CT molecular complexity index is 812. The summed E-state index contributed by atoms with van der Waals surface area (Å²) in [4.78, 5) is 23.8. The number of hydrogen-bond donors (Lipinski definition) is 3. The van der Waals surface area contributed by atoms with Gasteiger partial charge in [-0.2, -0.15) is 4.31 Å². The molecule has 1 aliphatic heterocycles. The van der Waals surface area contributed by atoms with Crippen LogP contribution < -0.4 is 10.6 Å². The molecular weight excluding hydrogens is 386 g/mol. The van der Waals surface area contributed by atoms with Gasteiger partial charge in [-0.25, -0.2) is 8.42 Å². The summed E-state index contributed by atoms with van der Waals surface area (Å²) in [5.74, 6) is -1.72. The molecule has 0 unspecified atom stereocenters. The first-order valence-electron chi connectivity index (χ1n) is 9.15. The molecule has 1 aromatic rings. The van der Waals surface area contributed by atoms with E-state index in [1.54, 1.807) is 19.1 Å². The number of aryl methyl sites for hydroxylation is 2. The van der Waals surface area contributed by atoms with Crippen molar-refractivity contribution in [2.24, 2.45) is 0 Å². The molecule has 2 rings (SSSR count). The smallest absolute Gasteiger partial charge is 0.309 e. The average molecular weight is 413 g/mol. The predicted molar refractivity (Wildman–Crippen MR) is 102 cm³/mol. The van der Waals surface area contributed by atoms with Gasteiger partial charge in [-0.3, -0.25) is 9.59 Å². The van der Waals surface area contributed by atoms with E-state index in [2.05, 4.69) is 10.6 Å². The average Bonchev–Trinajstić information content (AvgIpc) is 2.68. The Balaban J connectivity index is 2.08. The van der Waals surface area contributed by atoms with E-state index in [-0.39, 0.29) is 31.1 Å². The lowest BCUT2D eigenvalue weighted by Crippen LogP contribution is -2.53. The highest BCUT2D eigenvalue weighted by atomic mass is 32.2. The summed E-state index contributed by atoms with van der Waals surface area (Å²) in [6, 6.07) is 5.21. The van der Waals surface area contributed by atoms with Crippen LogP contribution in [0.1, 0.15) is 24.0 Å². The van der Waals surface area contributed by atoms with Crippen LogP contribution in [0, 0.1) is 13.8 Å². The second-order valence-electron chi connectivity index (χ2n) is 6.61. The SMILES string of the molecule is Cc1ccc(C)c(S(=O)(=O)N2CCCO[C@H]2CNC(=O)C(=O)NCCCO)c1. The number of ether oxygens (including phenoxy) is 1. The Kier molecular flexibility index (Phi) is 7.93. The maximum absolute atomic E-state index is 13.2. The van der Waals surface area contributed by atoms with E-state index < -0.39 is 28.1 Å². The minimum absolute atomic E-state index is 0.0942. The molecule has 0 aromatic heterocycles. The van der Waals surface area contributed by atoms with E-state index in [9.17, 15) is 18.0 Å². The zero-order valence-corrected chi connectivity index (χ0v) is 16.9. The van der Waals surface area contributed by atoms with Crippen LogP contribution in [0.5, 0.6) is 0 Å². The van der Waals surface area contributed by atoms with Crippen LogP contribution in [0.25, 0.3) is 0 Å². The monoisotopic (exact) mass is 413 g/mol. The highest BCUT2D eigenvalue weighted by Gasteiger charge is 2.35. The van der Waals surface area contributed by atoms with Crippen molar-refractivity contribution in [3.05, 3.63) is 29.3 Å². The Labute approximate surface area is 165 Å². The van der Waals surface area contributed by atoms with Crippen molar-refractivity contribution in [1.29, 1.82) is 0 Å². The fraction of sp³-hybridized carbons (Fsp3) is 0.556. The van der Waals surface area contributed by atoms with Crippen molar-refractivity contribution in [2.45, 2.75) is 37.8 Å². The van der Waals surface area contributed by atoms with Crippen molar-refractivity contribution in [1.82, 2.24) is 14.9 Å². The van der Waals surface area contributed by atoms with Crippen LogP contribution in [0.2, 0.25) is 0 Å². The van der Waals surface area contributed by atoms with Gasteiger partial charge in [0.15, 0.2) is 0 Å². The van der Waals surface area contributed by atoms with Gasteiger partial charge in [0, 0.05) is 19.7 Å². The van der Waals surface area contributed by atoms with Crippen molar-refractivity contribution < 1.29 is 27.9 Å². The van der Waals surface area contributed by atoms with Gasteiger partial charge in [0.2, 0.25) is 10.0 Å². The number of benzene rings is 1. The van der Waals surface area contributed by atoms with Crippen molar-refractivity contribution >= 4 is 21.8 Å². The van der Waals surface area contributed by atoms with Crippen LogP contribution in [-0.2, 0) is 24.3 Å². The summed E-state index contributed by atoms with van der Waals surface area (Å²) in [5.41, 5.74) is 1.45. The molecule has 1 saturated heterocycles. The fourth-order valence-corrected chi connectivity index (χ4v) is 4.71. The molecule has 1 aliphatic rings. The van der Waals surface area contributed by atoms with E-state index in [0.717, 1.165) is 5.56 Å². The number of carbonyl (C=O) groups excluding carboxylic acids is 2. The summed E-state index contributed by atoms with van der Waals surface area (Å²) >= 11 is 0. The molecule has 0 bridgehead atoms. The van der Waals surface area contributed by atoms with Gasteiger partial charge in [0.25, 0.3) is 0 Å². The second-order valence-corrected chi connectivity index (χ2v) is 8.47. The first kappa shape index (κ1) is 22.3. The summed E-state index contributed by atoms with van der Waals surface area (Å²) in [7, 11) is -3.82. The lowest BCUT2D eigenvalue weighted by atomic mass is 10.2. The highest BCUT2D eigenvalue weighted by molar-refractivity contribution is 7.89. The fourth-order valence-electron chi connectivity index (χ4n) is 2.84. The van der Waals surface area contributed by atoms with Crippen molar-refractivity contribution in [3.63, 3.8) is 0 Å². The number of nitrogens with one attached hydrogen (secondary N) is 2. The number of aliphatic hydroxyl groups is 1. The molecule has 0 aliphatic carbocycles. The van der Waals surface area contributed by atoms with Gasteiger partial charge in [0.05, 0.1) is 18.0 Å². The zero-order chi connectivity index (χ0) is 20.7. The number of nitrogens with zero attached hydrogens (tertiary/aromatic N) is 1. The summed E-state index contributed by atoms with van der Waals surface area (Å²) in [5, 5.41) is 13.5. The molecule has 156 valence electrons. The predicted octanol–water partition coefficient (Wildman–Crippen LogP) is -0.345. The third-order valence-corrected chi connectivity index (χ3v) is 6.38. The first-order valence-corrected chi connectivity index (χ1v) is 10.6. The van der Waals surface area contributed by atoms with Gasteiger partial charge in [-0.15, -0.1) is 0 Å². The van der Waals surface area contributed by atoms with Crippen LogP contribution >= 0.6 is 0 Å². The maximum Gasteiger partial charge on any atom is 0.309 e. The van der Waals surface area contributed by atoms with E-state index in [1.165, 1.54) is 4.31 Å². The lowest BCUT2D eigenvalue weighted by Gasteiger charge is -2.35. The number of carbonyl (C=O) groups is 2. The van der Waals surface area contributed by atoms with Crippen molar-refractivity contribution in [3.8, 4) is 0 Å². The summed E-state index contributed by atoms with van der Waals surface area (Å²) in [6.45, 7) is 4.11. The first-order chi connectivity index (χ1) is 13.3. The number of rotatable bonds is 7. The van der Waals surface area contributed by atoms with Gasteiger partial charge >= 0.3 is 11.8 Å². The summed E-state index contributed by atoms with van der Waals surface area (Å²) in [6.07, 6.45) is -0.0177. The Morgan fingerprint density at radius 2 is 1.96 bits per heavy atom. The quantitative estimate of drug-likeness (QED) is 0.415. The molecule has 1 atom stereocenters. The van der Waals surface area contributed by atoms with E-state index in [4.69, 9.17) is 9.84 Å². The third-order valence-electron chi connectivity index (χ3n) is 4.35. The Morgan fingerprint density at radius 1 is 1.25 bits per heavy atom. The van der Waals surface area contributed by atoms with Crippen LogP contribution in [0.3, 0.4) is 0 Å². The van der Waals surface area contributed by atoms with E-state index >= 15 is 0 Å². The minimum Gasteiger partial charge on any atom is -0.396 e. The molecule has 0 radical (unpaired) electrons. The van der Waals surface area contributed by atoms with E-state index in [1.807, 2.05) is 13.0 Å². The van der Waals surface area contributed by atoms with Crippen LogP contribution in [0.4, 0.5) is 0 Å². The topological polar surface area (TPSA) is 125 Å². The number of aliphatic hydroxyl groups excluding tert-OH is 1.